The summed E-state index contributed by atoms with van der Waals surface area (Å²) in [4.78, 5) is 0. The Labute approximate surface area is 105 Å². The van der Waals surface area contributed by atoms with E-state index in [1.54, 1.807) is 0 Å². The molecule has 0 aromatic carbocycles. The molecule has 2 saturated heterocycles. The van der Waals surface area contributed by atoms with Crippen molar-refractivity contribution < 1.29 is 4.74 Å². The van der Waals surface area contributed by atoms with Gasteiger partial charge in [0, 0.05) is 12.0 Å². The molecule has 2 N–H and O–H groups in total. The first-order valence-corrected chi connectivity index (χ1v) is 7.69. The van der Waals surface area contributed by atoms with Crippen molar-refractivity contribution in [2.45, 2.75) is 76.5 Å². The van der Waals surface area contributed by atoms with Crippen LogP contribution in [0.2, 0.25) is 0 Å². The normalized spacial score (nSPS) is 47.3. The van der Waals surface area contributed by atoms with E-state index in [-0.39, 0.29) is 0 Å². The molecule has 0 aromatic rings. The molecule has 1 aliphatic carbocycles. The van der Waals surface area contributed by atoms with Crippen LogP contribution in [0.15, 0.2) is 0 Å². The minimum absolute atomic E-state index is 0.416. The summed E-state index contributed by atoms with van der Waals surface area (Å²) in [6, 6.07) is 0.416. The van der Waals surface area contributed by atoms with Crippen molar-refractivity contribution in [3.8, 4) is 0 Å². The summed E-state index contributed by atoms with van der Waals surface area (Å²) >= 11 is 0. The number of hydrogen-bond donors (Lipinski definition) is 1. The van der Waals surface area contributed by atoms with Crippen molar-refractivity contribution in [3.05, 3.63) is 0 Å². The van der Waals surface area contributed by atoms with Crippen LogP contribution in [0.25, 0.3) is 0 Å². The second kappa shape index (κ2) is 4.89. The van der Waals surface area contributed by atoms with Gasteiger partial charge < -0.3 is 10.5 Å². The third-order valence-electron chi connectivity index (χ3n) is 5.59. The quantitative estimate of drug-likeness (QED) is 0.818. The Morgan fingerprint density at radius 3 is 2.71 bits per heavy atom. The fraction of sp³-hybridized carbons (Fsp3) is 1.00. The molecule has 3 rings (SSSR count). The Morgan fingerprint density at radius 2 is 2.06 bits per heavy atom. The number of ether oxygens (including phenoxy) is 1. The first kappa shape index (κ1) is 12.0. The van der Waals surface area contributed by atoms with Crippen molar-refractivity contribution >= 4 is 0 Å². The molecule has 6 unspecified atom stereocenters. The highest BCUT2D eigenvalue weighted by Crippen LogP contribution is 2.44. The first-order valence-electron chi connectivity index (χ1n) is 7.69. The van der Waals surface area contributed by atoms with Crippen molar-refractivity contribution in [1.29, 1.82) is 0 Å². The smallest absolute Gasteiger partial charge is 0.0623 e. The van der Waals surface area contributed by atoms with Gasteiger partial charge in [-0.05, 0) is 43.9 Å². The van der Waals surface area contributed by atoms with Crippen LogP contribution < -0.4 is 5.73 Å². The highest BCUT2D eigenvalue weighted by Gasteiger charge is 2.45. The maximum atomic E-state index is 6.58. The van der Waals surface area contributed by atoms with E-state index in [2.05, 4.69) is 6.92 Å². The Hall–Kier alpha value is -0.0800. The summed E-state index contributed by atoms with van der Waals surface area (Å²) in [5.74, 6) is 2.40. The standard InChI is InChI=1S/C15H27NO/c1-2-10-4-3-5-11(8-10)15(16)13-9-12-6-7-14(13)17-12/h10-15H,2-9,16H2,1H3. The predicted octanol–water partition coefficient (Wildman–Crippen LogP) is 3.10. The molecule has 0 aromatic heterocycles. The van der Waals surface area contributed by atoms with Gasteiger partial charge in [-0.15, -0.1) is 0 Å². The van der Waals surface area contributed by atoms with Crippen molar-refractivity contribution in [2.75, 3.05) is 0 Å². The zero-order valence-electron chi connectivity index (χ0n) is 11.1. The summed E-state index contributed by atoms with van der Waals surface area (Å²) in [5, 5.41) is 0. The monoisotopic (exact) mass is 237 g/mol. The molecule has 0 spiro atoms. The largest absolute Gasteiger partial charge is 0.375 e. The van der Waals surface area contributed by atoms with Gasteiger partial charge in [-0.25, -0.2) is 0 Å². The van der Waals surface area contributed by atoms with Crippen molar-refractivity contribution in [1.82, 2.24) is 0 Å². The molecule has 2 aliphatic heterocycles. The van der Waals surface area contributed by atoms with E-state index in [1.807, 2.05) is 0 Å². The second-order valence-electron chi connectivity index (χ2n) is 6.55. The number of rotatable bonds is 3. The number of fused-ring (bicyclic) bond motifs is 2. The second-order valence-corrected chi connectivity index (χ2v) is 6.55. The minimum atomic E-state index is 0.416. The lowest BCUT2D eigenvalue weighted by molar-refractivity contribution is 0.0787. The SMILES string of the molecule is CCC1CCCC(C(N)C2CC3CCC2O3)C1. The molecule has 17 heavy (non-hydrogen) atoms. The molecule has 1 saturated carbocycles. The fourth-order valence-corrected chi connectivity index (χ4v) is 4.48. The van der Waals surface area contributed by atoms with Crippen molar-refractivity contribution in [2.24, 2.45) is 23.5 Å². The van der Waals surface area contributed by atoms with Crippen LogP contribution >= 0.6 is 0 Å². The Balaban J connectivity index is 1.60. The highest BCUT2D eigenvalue weighted by molar-refractivity contribution is 4.97. The van der Waals surface area contributed by atoms with Gasteiger partial charge in [-0.1, -0.05) is 26.2 Å². The van der Waals surface area contributed by atoms with Crippen molar-refractivity contribution in [3.63, 3.8) is 0 Å². The van der Waals surface area contributed by atoms with Crippen LogP contribution in [-0.4, -0.2) is 18.2 Å². The molecule has 3 fully saturated rings. The molecule has 0 radical (unpaired) electrons. The van der Waals surface area contributed by atoms with E-state index in [9.17, 15) is 0 Å². The van der Waals surface area contributed by atoms with Gasteiger partial charge in [0.2, 0.25) is 0 Å². The Bertz CT molecular complexity index is 268. The molecular weight excluding hydrogens is 210 g/mol. The molecule has 2 nitrogen and oxygen atoms in total. The topological polar surface area (TPSA) is 35.2 Å². The van der Waals surface area contributed by atoms with Crippen LogP contribution in [0.5, 0.6) is 0 Å². The van der Waals surface area contributed by atoms with E-state index in [4.69, 9.17) is 10.5 Å². The first-order chi connectivity index (χ1) is 8.28. The number of hydrogen-bond acceptors (Lipinski definition) is 2. The lowest BCUT2D eigenvalue weighted by Crippen LogP contribution is -2.43. The summed E-state index contributed by atoms with van der Waals surface area (Å²) in [5.41, 5.74) is 6.58. The lowest BCUT2D eigenvalue weighted by atomic mass is 9.71. The van der Waals surface area contributed by atoms with Crippen LogP contribution in [0.1, 0.15) is 58.3 Å². The van der Waals surface area contributed by atoms with Crippen LogP contribution in [0.4, 0.5) is 0 Å². The van der Waals surface area contributed by atoms with Gasteiger partial charge in [-0.2, -0.15) is 0 Å². The van der Waals surface area contributed by atoms with Gasteiger partial charge in [0.15, 0.2) is 0 Å². The molecule has 2 bridgehead atoms. The summed E-state index contributed by atoms with van der Waals surface area (Å²) in [7, 11) is 0. The highest BCUT2D eigenvalue weighted by atomic mass is 16.5. The number of nitrogens with two attached hydrogens (primary N) is 1. The van der Waals surface area contributed by atoms with Gasteiger partial charge in [0.1, 0.15) is 0 Å². The van der Waals surface area contributed by atoms with Gasteiger partial charge in [0.25, 0.3) is 0 Å². The average Bonchev–Trinajstić information content (AvgIpc) is 3.00. The van der Waals surface area contributed by atoms with E-state index in [0.29, 0.717) is 24.2 Å². The molecule has 3 aliphatic rings. The summed E-state index contributed by atoms with van der Waals surface area (Å²) in [6.45, 7) is 2.33. The fourth-order valence-electron chi connectivity index (χ4n) is 4.48. The Morgan fingerprint density at radius 1 is 1.18 bits per heavy atom. The predicted molar refractivity (Wildman–Crippen MR) is 69.7 cm³/mol. The van der Waals surface area contributed by atoms with Crippen LogP contribution in [0, 0.1) is 17.8 Å². The van der Waals surface area contributed by atoms with Gasteiger partial charge >= 0.3 is 0 Å². The average molecular weight is 237 g/mol. The third kappa shape index (κ3) is 2.26. The van der Waals surface area contributed by atoms with E-state index in [1.165, 1.54) is 51.4 Å². The molecule has 0 amide bonds. The Kier molecular flexibility index (Phi) is 3.45. The van der Waals surface area contributed by atoms with E-state index in [0.717, 1.165) is 11.8 Å². The molecule has 2 heteroatoms. The van der Waals surface area contributed by atoms with Crippen LogP contribution in [-0.2, 0) is 4.74 Å². The molecular formula is C15H27NO. The zero-order valence-corrected chi connectivity index (χ0v) is 11.1. The van der Waals surface area contributed by atoms with E-state index >= 15 is 0 Å². The van der Waals surface area contributed by atoms with Gasteiger partial charge in [0.05, 0.1) is 12.2 Å². The minimum Gasteiger partial charge on any atom is -0.375 e. The van der Waals surface area contributed by atoms with Gasteiger partial charge in [-0.3, -0.25) is 0 Å². The summed E-state index contributed by atoms with van der Waals surface area (Å²) < 4.78 is 5.97. The summed E-state index contributed by atoms with van der Waals surface area (Å²) in [6.07, 6.45) is 11.8. The zero-order chi connectivity index (χ0) is 11.8. The van der Waals surface area contributed by atoms with Crippen LogP contribution in [0.3, 0.4) is 0 Å². The third-order valence-corrected chi connectivity index (χ3v) is 5.59. The lowest BCUT2D eigenvalue weighted by Gasteiger charge is -2.37. The molecule has 2 heterocycles. The maximum absolute atomic E-state index is 6.58. The molecule has 6 atom stereocenters. The van der Waals surface area contributed by atoms with E-state index < -0.39 is 0 Å². The molecule has 98 valence electrons. The maximum Gasteiger partial charge on any atom is 0.0623 e.